The number of nitrogens with zero attached hydrogens (tertiary/aromatic N) is 3. The fourth-order valence-electron chi connectivity index (χ4n) is 1.26. The average Bonchev–Trinajstić information content (AvgIpc) is 2.47. The van der Waals surface area contributed by atoms with Gasteiger partial charge in [-0.25, -0.2) is 9.97 Å². The van der Waals surface area contributed by atoms with Gasteiger partial charge in [0, 0.05) is 17.9 Å². The minimum Gasteiger partial charge on any atom is -0.347 e. The van der Waals surface area contributed by atoms with Gasteiger partial charge in [-0.3, -0.25) is 0 Å². The third-order valence-electron chi connectivity index (χ3n) is 2.09. The van der Waals surface area contributed by atoms with E-state index in [1.165, 1.54) is 0 Å². The van der Waals surface area contributed by atoms with Crippen molar-refractivity contribution in [1.82, 2.24) is 14.5 Å². The molecule has 0 bridgehead atoms. The molecule has 2 heterocycles. The van der Waals surface area contributed by atoms with E-state index >= 15 is 0 Å². The molecule has 3 nitrogen and oxygen atoms in total. The fourth-order valence-corrected chi connectivity index (χ4v) is 1.26. The van der Waals surface area contributed by atoms with Crippen LogP contribution in [0.15, 0.2) is 24.8 Å². The highest BCUT2D eigenvalue weighted by Crippen LogP contribution is 2.20. The molecule has 0 unspecified atom stereocenters. The van der Waals surface area contributed by atoms with E-state index in [2.05, 4.69) is 35.3 Å². The number of fused-ring (bicyclic) bond motifs is 1. The second-order valence-electron chi connectivity index (χ2n) is 4.17. The van der Waals surface area contributed by atoms with Gasteiger partial charge >= 0.3 is 0 Å². The summed E-state index contributed by atoms with van der Waals surface area (Å²) < 4.78 is 2.14. The Morgan fingerprint density at radius 2 is 1.85 bits per heavy atom. The van der Waals surface area contributed by atoms with E-state index < -0.39 is 0 Å². The Balaban J connectivity index is 2.56. The van der Waals surface area contributed by atoms with Crippen LogP contribution in [0.3, 0.4) is 0 Å². The SMILES string of the molecule is CC(C)(C)n1ccc2ncnc-2c1. The number of rotatable bonds is 0. The van der Waals surface area contributed by atoms with Gasteiger partial charge in [0.05, 0.1) is 5.69 Å². The zero-order chi connectivity index (χ0) is 9.47. The van der Waals surface area contributed by atoms with Crippen LogP contribution in [0.25, 0.3) is 11.4 Å². The molecule has 0 aromatic rings. The molecule has 0 aromatic heterocycles. The molecular formula is C10H13N3. The van der Waals surface area contributed by atoms with Crippen LogP contribution in [-0.2, 0) is 5.54 Å². The number of aromatic nitrogens is 3. The highest BCUT2D eigenvalue weighted by molar-refractivity contribution is 5.53. The Kier molecular flexibility index (Phi) is 1.62. The molecule has 2 aliphatic rings. The quantitative estimate of drug-likeness (QED) is 0.614. The van der Waals surface area contributed by atoms with Gasteiger partial charge in [-0.2, -0.15) is 0 Å². The lowest BCUT2D eigenvalue weighted by Gasteiger charge is -2.23. The second-order valence-corrected chi connectivity index (χ2v) is 4.17. The Morgan fingerprint density at radius 1 is 1.15 bits per heavy atom. The molecule has 0 atom stereocenters. The highest BCUT2D eigenvalue weighted by atomic mass is 15.0. The summed E-state index contributed by atoms with van der Waals surface area (Å²) in [7, 11) is 0. The molecule has 0 radical (unpaired) electrons. The molecule has 0 aliphatic carbocycles. The van der Waals surface area contributed by atoms with E-state index in [-0.39, 0.29) is 5.54 Å². The van der Waals surface area contributed by atoms with Crippen molar-refractivity contribution in [2.24, 2.45) is 0 Å². The molecule has 0 spiro atoms. The van der Waals surface area contributed by atoms with E-state index in [0.717, 1.165) is 11.4 Å². The summed E-state index contributed by atoms with van der Waals surface area (Å²) in [6.07, 6.45) is 5.66. The molecule has 0 aromatic carbocycles. The fraction of sp³-hybridized carbons (Fsp3) is 0.400. The zero-order valence-corrected chi connectivity index (χ0v) is 8.15. The standard InChI is InChI=1S/C10H13N3/c1-10(2,3)13-5-4-8-9(6-13)12-7-11-8/h4-7H,1-3H3. The van der Waals surface area contributed by atoms with Crippen molar-refractivity contribution in [1.29, 1.82) is 0 Å². The monoisotopic (exact) mass is 175 g/mol. The molecule has 0 fully saturated rings. The summed E-state index contributed by atoms with van der Waals surface area (Å²) in [6, 6.07) is 1.99. The number of hydrogen-bond donors (Lipinski definition) is 0. The molecule has 0 saturated heterocycles. The van der Waals surface area contributed by atoms with Crippen LogP contribution < -0.4 is 0 Å². The summed E-state index contributed by atoms with van der Waals surface area (Å²) in [5.74, 6) is 0. The van der Waals surface area contributed by atoms with Gasteiger partial charge in [0.2, 0.25) is 0 Å². The lowest BCUT2D eigenvalue weighted by molar-refractivity contribution is 0.394. The zero-order valence-electron chi connectivity index (χ0n) is 8.15. The third-order valence-corrected chi connectivity index (χ3v) is 2.09. The number of imidazole rings is 1. The van der Waals surface area contributed by atoms with Gasteiger partial charge in [-0.15, -0.1) is 0 Å². The van der Waals surface area contributed by atoms with Crippen LogP contribution in [0, 0.1) is 0 Å². The van der Waals surface area contributed by atoms with E-state index in [1.54, 1.807) is 6.33 Å². The maximum absolute atomic E-state index is 4.16. The van der Waals surface area contributed by atoms with Crippen molar-refractivity contribution >= 4 is 0 Å². The predicted octanol–water partition coefficient (Wildman–Crippen LogP) is 2.14. The molecule has 0 amide bonds. The lowest BCUT2D eigenvalue weighted by Crippen LogP contribution is -2.21. The van der Waals surface area contributed by atoms with Crippen molar-refractivity contribution < 1.29 is 0 Å². The van der Waals surface area contributed by atoms with Crippen molar-refractivity contribution in [3.63, 3.8) is 0 Å². The first kappa shape index (κ1) is 8.23. The number of hydrogen-bond acceptors (Lipinski definition) is 2. The Labute approximate surface area is 77.8 Å². The van der Waals surface area contributed by atoms with Crippen molar-refractivity contribution in [3.05, 3.63) is 24.8 Å². The van der Waals surface area contributed by atoms with Crippen LogP contribution in [-0.4, -0.2) is 14.5 Å². The van der Waals surface area contributed by atoms with Crippen molar-refractivity contribution in [2.45, 2.75) is 26.3 Å². The average molecular weight is 175 g/mol. The normalized spacial score (nSPS) is 12.2. The topological polar surface area (TPSA) is 30.7 Å². The maximum atomic E-state index is 4.16. The summed E-state index contributed by atoms with van der Waals surface area (Å²) in [5, 5.41) is 0. The highest BCUT2D eigenvalue weighted by Gasteiger charge is 2.13. The Morgan fingerprint density at radius 3 is 2.54 bits per heavy atom. The third kappa shape index (κ3) is 1.41. The van der Waals surface area contributed by atoms with E-state index in [1.807, 2.05) is 18.5 Å². The van der Waals surface area contributed by atoms with Gasteiger partial charge in [0.1, 0.15) is 12.0 Å². The van der Waals surface area contributed by atoms with Gasteiger partial charge in [-0.05, 0) is 26.8 Å². The molecule has 2 aliphatic heterocycles. The van der Waals surface area contributed by atoms with E-state index in [4.69, 9.17) is 0 Å². The Bertz CT molecular complexity index is 384. The summed E-state index contributed by atoms with van der Waals surface area (Å²) in [4.78, 5) is 8.28. The van der Waals surface area contributed by atoms with Crippen LogP contribution in [0.2, 0.25) is 0 Å². The first-order chi connectivity index (χ1) is 6.07. The van der Waals surface area contributed by atoms with Crippen LogP contribution in [0.4, 0.5) is 0 Å². The molecule has 0 N–H and O–H groups in total. The van der Waals surface area contributed by atoms with Crippen LogP contribution in [0.1, 0.15) is 20.8 Å². The summed E-state index contributed by atoms with van der Waals surface area (Å²) in [5.41, 5.74) is 2.02. The van der Waals surface area contributed by atoms with Crippen molar-refractivity contribution in [2.75, 3.05) is 0 Å². The summed E-state index contributed by atoms with van der Waals surface area (Å²) >= 11 is 0. The predicted molar refractivity (Wildman–Crippen MR) is 51.6 cm³/mol. The largest absolute Gasteiger partial charge is 0.347 e. The first-order valence-corrected chi connectivity index (χ1v) is 4.36. The minimum absolute atomic E-state index is 0.104. The number of pyridine rings is 1. The van der Waals surface area contributed by atoms with Crippen molar-refractivity contribution in [3.8, 4) is 11.4 Å². The molecule has 2 rings (SSSR count). The lowest BCUT2D eigenvalue weighted by atomic mass is 10.1. The van der Waals surface area contributed by atoms with Crippen LogP contribution >= 0.6 is 0 Å². The Hall–Kier alpha value is -1.38. The van der Waals surface area contributed by atoms with E-state index in [0.29, 0.717) is 0 Å². The molecule has 0 saturated carbocycles. The van der Waals surface area contributed by atoms with Crippen LogP contribution in [0.5, 0.6) is 0 Å². The minimum atomic E-state index is 0.104. The molecular weight excluding hydrogens is 162 g/mol. The smallest absolute Gasteiger partial charge is 0.116 e. The van der Waals surface area contributed by atoms with Gasteiger partial charge in [0.15, 0.2) is 0 Å². The first-order valence-electron chi connectivity index (χ1n) is 4.36. The maximum Gasteiger partial charge on any atom is 0.116 e. The second kappa shape index (κ2) is 2.55. The summed E-state index contributed by atoms with van der Waals surface area (Å²) in [6.45, 7) is 6.49. The van der Waals surface area contributed by atoms with Gasteiger partial charge in [0.25, 0.3) is 0 Å². The molecule has 3 heteroatoms. The van der Waals surface area contributed by atoms with E-state index in [9.17, 15) is 0 Å². The molecule has 13 heavy (non-hydrogen) atoms. The molecule has 68 valence electrons. The van der Waals surface area contributed by atoms with Gasteiger partial charge < -0.3 is 4.57 Å². The van der Waals surface area contributed by atoms with Gasteiger partial charge in [-0.1, -0.05) is 0 Å².